The van der Waals surface area contributed by atoms with Gasteiger partial charge in [0, 0.05) is 31.0 Å². The Morgan fingerprint density at radius 2 is 1.47 bits per heavy atom. The fraction of sp³-hybridized carbons (Fsp3) is 0.259. The number of likely N-dealkylation sites (N-methyl/N-ethyl adjacent to an activating group) is 1. The topological polar surface area (TPSA) is 49.4 Å². The van der Waals surface area contributed by atoms with Crippen LogP contribution < -0.4 is 5.32 Å². The zero-order valence-corrected chi connectivity index (χ0v) is 19.1. The average molecular weight is 449 g/mol. The van der Waals surface area contributed by atoms with Gasteiger partial charge in [-0.1, -0.05) is 90.5 Å². The van der Waals surface area contributed by atoms with Gasteiger partial charge in [0.2, 0.25) is 11.8 Å². The van der Waals surface area contributed by atoms with Crippen LogP contribution in [0.15, 0.2) is 84.9 Å². The zero-order chi connectivity index (χ0) is 22.8. The van der Waals surface area contributed by atoms with E-state index < -0.39 is 6.04 Å². The summed E-state index contributed by atoms with van der Waals surface area (Å²) >= 11 is 6.41. The van der Waals surface area contributed by atoms with Crippen molar-refractivity contribution in [2.75, 3.05) is 6.54 Å². The molecule has 3 aromatic rings. The first-order valence-electron chi connectivity index (χ1n) is 11.0. The van der Waals surface area contributed by atoms with Crippen LogP contribution in [0.1, 0.15) is 30.0 Å². The van der Waals surface area contributed by atoms with Crippen molar-refractivity contribution in [1.29, 1.82) is 0 Å². The van der Waals surface area contributed by atoms with Crippen LogP contribution in [0.3, 0.4) is 0 Å². The van der Waals surface area contributed by atoms with E-state index in [1.807, 2.05) is 91.9 Å². The molecule has 0 bridgehead atoms. The number of nitrogens with zero attached hydrogens (tertiary/aromatic N) is 1. The summed E-state index contributed by atoms with van der Waals surface area (Å²) in [6.45, 7) is 2.66. The molecule has 0 spiro atoms. The molecule has 0 saturated carbocycles. The van der Waals surface area contributed by atoms with E-state index in [4.69, 9.17) is 11.6 Å². The Balaban J connectivity index is 1.89. The number of aryl methyl sites for hydroxylation is 1. The van der Waals surface area contributed by atoms with Crippen LogP contribution in [0.25, 0.3) is 0 Å². The molecule has 5 heteroatoms. The number of amides is 2. The van der Waals surface area contributed by atoms with Gasteiger partial charge in [-0.05, 0) is 36.1 Å². The van der Waals surface area contributed by atoms with Crippen molar-refractivity contribution in [3.63, 3.8) is 0 Å². The number of carbonyl (C=O) groups is 2. The standard InChI is InChI=1S/C27H29ClN2O2/c1-2-29-27(32)25(19-22-13-7-4-8-14-22)30(20-23-15-9-10-16-24(23)28)26(31)18-17-21-11-5-3-6-12-21/h3-16,25H,2,17-20H2,1H3,(H,29,32). The Hall–Kier alpha value is -3.11. The number of hydrogen-bond donors (Lipinski definition) is 1. The third kappa shape index (κ3) is 6.69. The highest BCUT2D eigenvalue weighted by atomic mass is 35.5. The highest BCUT2D eigenvalue weighted by molar-refractivity contribution is 6.31. The molecule has 0 aliphatic heterocycles. The van der Waals surface area contributed by atoms with Crippen molar-refractivity contribution in [2.45, 2.75) is 38.8 Å². The molecule has 0 aliphatic carbocycles. The van der Waals surface area contributed by atoms with Crippen molar-refractivity contribution in [3.05, 3.63) is 107 Å². The summed E-state index contributed by atoms with van der Waals surface area (Å²) in [4.78, 5) is 28.3. The van der Waals surface area contributed by atoms with E-state index in [0.29, 0.717) is 30.8 Å². The lowest BCUT2D eigenvalue weighted by atomic mass is 10.0. The van der Waals surface area contributed by atoms with E-state index >= 15 is 0 Å². The molecule has 3 aromatic carbocycles. The van der Waals surface area contributed by atoms with E-state index in [1.54, 1.807) is 4.90 Å². The normalized spacial score (nSPS) is 11.6. The average Bonchev–Trinajstić information content (AvgIpc) is 2.82. The number of benzene rings is 3. The molecule has 0 aromatic heterocycles. The Morgan fingerprint density at radius 3 is 2.09 bits per heavy atom. The summed E-state index contributed by atoms with van der Waals surface area (Å²) in [6.07, 6.45) is 1.37. The van der Waals surface area contributed by atoms with Crippen LogP contribution in [0, 0.1) is 0 Å². The van der Waals surface area contributed by atoms with Crippen molar-refractivity contribution in [2.24, 2.45) is 0 Å². The van der Waals surface area contributed by atoms with Crippen LogP contribution in [0.5, 0.6) is 0 Å². The van der Waals surface area contributed by atoms with E-state index in [0.717, 1.165) is 16.7 Å². The lowest BCUT2D eigenvalue weighted by Crippen LogP contribution is -2.50. The molecular weight excluding hydrogens is 420 g/mol. The third-order valence-electron chi connectivity index (χ3n) is 5.39. The number of nitrogens with one attached hydrogen (secondary N) is 1. The van der Waals surface area contributed by atoms with Crippen molar-refractivity contribution < 1.29 is 9.59 Å². The summed E-state index contributed by atoms with van der Waals surface area (Å²) in [5.74, 6) is -0.225. The second-order valence-corrected chi connectivity index (χ2v) is 8.11. The molecule has 1 atom stereocenters. The molecule has 166 valence electrons. The summed E-state index contributed by atoms with van der Waals surface area (Å²) in [5.41, 5.74) is 2.92. The summed E-state index contributed by atoms with van der Waals surface area (Å²) in [7, 11) is 0. The lowest BCUT2D eigenvalue weighted by Gasteiger charge is -2.32. The maximum Gasteiger partial charge on any atom is 0.243 e. The van der Waals surface area contributed by atoms with Crippen LogP contribution in [0.4, 0.5) is 0 Å². The lowest BCUT2D eigenvalue weighted by molar-refractivity contribution is -0.141. The van der Waals surface area contributed by atoms with Crippen molar-refractivity contribution in [1.82, 2.24) is 10.2 Å². The minimum absolute atomic E-state index is 0.0686. The Bertz CT molecular complexity index is 1010. The summed E-state index contributed by atoms with van der Waals surface area (Å²) < 4.78 is 0. The highest BCUT2D eigenvalue weighted by Crippen LogP contribution is 2.21. The summed E-state index contributed by atoms with van der Waals surface area (Å²) in [5, 5.41) is 3.50. The van der Waals surface area contributed by atoms with E-state index in [9.17, 15) is 9.59 Å². The zero-order valence-electron chi connectivity index (χ0n) is 18.3. The van der Waals surface area contributed by atoms with Gasteiger partial charge in [0.1, 0.15) is 6.04 Å². The predicted molar refractivity (Wildman–Crippen MR) is 129 cm³/mol. The summed E-state index contributed by atoms with van der Waals surface area (Å²) in [6, 6.07) is 26.5. The van der Waals surface area contributed by atoms with Gasteiger partial charge < -0.3 is 10.2 Å². The van der Waals surface area contributed by atoms with E-state index in [-0.39, 0.29) is 18.4 Å². The van der Waals surface area contributed by atoms with Gasteiger partial charge in [0.05, 0.1) is 0 Å². The van der Waals surface area contributed by atoms with Gasteiger partial charge in [-0.2, -0.15) is 0 Å². The second kappa shape index (κ2) is 12.1. The number of carbonyl (C=O) groups excluding carboxylic acids is 2. The van der Waals surface area contributed by atoms with Crippen molar-refractivity contribution in [3.8, 4) is 0 Å². The van der Waals surface area contributed by atoms with Gasteiger partial charge in [-0.3, -0.25) is 9.59 Å². The minimum atomic E-state index is -0.628. The van der Waals surface area contributed by atoms with Crippen LogP contribution >= 0.6 is 11.6 Å². The quantitative estimate of drug-likeness (QED) is 0.472. The Kier molecular flexibility index (Phi) is 8.88. The molecular formula is C27H29ClN2O2. The Morgan fingerprint density at radius 1 is 0.875 bits per heavy atom. The number of halogens is 1. The van der Waals surface area contributed by atoms with Crippen molar-refractivity contribution >= 4 is 23.4 Å². The highest BCUT2D eigenvalue weighted by Gasteiger charge is 2.30. The van der Waals surface area contributed by atoms with Crippen LogP contribution in [-0.4, -0.2) is 29.3 Å². The maximum atomic E-state index is 13.5. The molecule has 0 fully saturated rings. The predicted octanol–water partition coefficient (Wildman–Crippen LogP) is 5.05. The molecule has 0 saturated heterocycles. The minimum Gasteiger partial charge on any atom is -0.355 e. The van der Waals surface area contributed by atoms with E-state index in [2.05, 4.69) is 5.32 Å². The first kappa shape index (κ1) is 23.6. The van der Waals surface area contributed by atoms with Crippen LogP contribution in [0.2, 0.25) is 5.02 Å². The number of hydrogen-bond acceptors (Lipinski definition) is 2. The molecule has 32 heavy (non-hydrogen) atoms. The fourth-order valence-electron chi connectivity index (χ4n) is 3.70. The maximum absolute atomic E-state index is 13.5. The first-order chi connectivity index (χ1) is 15.6. The van der Waals surface area contributed by atoms with Gasteiger partial charge in [-0.25, -0.2) is 0 Å². The molecule has 2 amide bonds. The van der Waals surface area contributed by atoms with E-state index in [1.165, 1.54) is 0 Å². The molecule has 0 aliphatic rings. The smallest absolute Gasteiger partial charge is 0.243 e. The molecule has 1 N–H and O–H groups in total. The molecule has 1 unspecified atom stereocenters. The fourth-order valence-corrected chi connectivity index (χ4v) is 3.89. The second-order valence-electron chi connectivity index (χ2n) is 7.70. The molecule has 0 heterocycles. The monoisotopic (exact) mass is 448 g/mol. The van der Waals surface area contributed by atoms with Gasteiger partial charge in [0.25, 0.3) is 0 Å². The molecule has 0 radical (unpaired) electrons. The SMILES string of the molecule is CCNC(=O)C(Cc1ccccc1)N(Cc1ccccc1Cl)C(=O)CCc1ccccc1. The molecule has 3 rings (SSSR count). The third-order valence-corrected chi connectivity index (χ3v) is 5.76. The van der Waals surface area contributed by atoms with Crippen LogP contribution in [-0.2, 0) is 29.0 Å². The van der Waals surface area contributed by atoms with Gasteiger partial charge in [0.15, 0.2) is 0 Å². The van der Waals surface area contributed by atoms with Gasteiger partial charge in [-0.15, -0.1) is 0 Å². The largest absolute Gasteiger partial charge is 0.355 e. The first-order valence-corrected chi connectivity index (χ1v) is 11.3. The number of rotatable bonds is 10. The Labute approximate surface area is 195 Å². The molecule has 4 nitrogen and oxygen atoms in total. The van der Waals surface area contributed by atoms with Gasteiger partial charge >= 0.3 is 0 Å².